The highest BCUT2D eigenvalue weighted by molar-refractivity contribution is 7.89. The Hall–Kier alpha value is -2.20. The molecule has 9 nitrogen and oxygen atoms in total. The quantitative estimate of drug-likeness (QED) is 0.782. The molecule has 3 rings (SSSR count). The summed E-state index contributed by atoms with van der Waals surface area (Å²) in [6, 6.07) is 1.31. The number of aromatic nitrogens is 4. The first-order valence-electron chi connectivity index (χ1n) is 8.59. The van der Waals surface area contributed by atoms with Crippen molar-refractivity contribution in [1.29, 1.82) is 0 Å². The van der Waals surface area contributed by atoms with E-state index in [1.807, 2.05) is 4.90 Å². The summed E-state index contributed by atoms with van der Waals surface area (Å²) in [7, 11) is -2.05. The van der Waals surface area contributed by atoms with Crippen LogP contribution in [0, 0.1) is 12.8 Å². The lowest BCUT2D eigenvalue weighted by atomic mass is 10.00. The van der Waals surface area contributed by atoms with E-state index in [-0.39, 0.29) is 17.0 Å². The lowest BCUT2D eigenvalue weighted by Crippen LogP contribution is -2.35. The zero-order valence-electron chi connectivity index (χ0n) is 15.2. The number of piperidine rings is 1. The number of H-pyrrole nitrogens is 1. The summed E-state index contributed by atoms with van der Waals surface area (Å²) in [4.78, 5) is 21.3. The van der Waals surface area contributed by atoms with Gasteiger partial charge in [-0.15, -0.1) is 0 Å². The van der Waals surface area contributed by atoms with Crippen molar-refractivity contribution >= 4 is 16.0 Å². The van der Waals surface area contributed by atoms with Gasteiger partial charge in [0.25, 0.3) is 5.56 Å². The molecule has 0 amide bonds. The lowest BCUT2D eigenvalue weighted by Gasteiger charge is -2.30. The van der Waals surface area contributed by atoms with Crippen molar-refractivity contribution in [2.75, 3.05) is 18.0 Å². The third kappa shape index (κ3) is 3.96. The number of nitrogens with one attached hydrogen (secondary N) is 2. The molecular formula is C16H24N6O3S. The van der Waals surface area contributed by atoms with Gasteiger partial charge in [-0.1, -0.05) is 6.92 Å². The molecule has 2 N–H and O–H groups in total. The number of aryl methyl sites for hydroxylation is 1. The average Bonchev–Trinajstić information content (AvgIpc) is 2.93. The Morgan fingerprint density at radius 3 is 2.65 bits per heavy atom. The molecule has 2 aromatic heterocycles. The first-order chi connectivity index (χ1) is 12.3. The molecule has 3 heterocycles. The molecule has 1 aliphatic heterocycles. The van der Waals surface area contributed by atoms with Crippen LogP contribution in [0.15, 0.2) is 22.0 Å². The van der Waals surface area contributed by atoms with E-state index in [4.69, 9.17) is 0 Å². The zero-order valence-corrected chi connectivity index (χ0v) is 16.0. The molecular weight excluding hydrogens is 356 g/mol. The fourth-order valence-electron chi connectivity index (χ4n) is 2.94. The van der Waals surface area contributed by atoms with E-state index in [2.05, 4.69) is 26.7 Å². The Morgan fingerprint density at radius 2 is 2.04 bits per heavy atom. The Bertz CT molecular complexity index is 941. The van der Waals surface area contributed by atoms with Crippen molar-refractivity contribution in [3.05, 3.63) is 34.0 Å². The molecule has 0 aromatic carbocycles. The van der Waals surface area contributed by atoms with Crippen molar-refractivity contribution in [3.8, 4) is 0 Å². The molecule has 2 aromatic rings. The van der Waals surface area contributed by atoms with E-state index in [9.17, 15) is 13.2 Å². The Morgan fingerprint density at radius 1 is 1.35 bits per heavy atom. The minimum atomic E-state index is -3.73. The molecule has 10 heteroatoms. The second-order valence-corrected chi connectivity index (χ2v) is 8.51. The van der Waals surface area contributed by atoms with Crippen molar-refractivity contribution in [2.45, 2.75) is 38.1 Å². The van der Waals surface area contributed by atoms with Crippen molar-refractivity contribution in [1.82, 2.24) is 24.5 Å². The topological polar surface area (TPSA) is 113 Å². The number of rotatable bonds is 5. The smallest absolute Gasteiger partial charge is 0.252 e. The zero-order chi connectivity index (χ0) is 18.9. The van der Waals surface area contributed by atoms with Gasteiger partial charge in [0.05, 0.1) is 24.1 Å². The van der Waals surface area contributed by atoms with Gasteiger partial charge in [0.1, 0.15) is 4.90 Å². The maximum atomic E-state index is 12.5. The third-order valence-electron chi connectivity index (χ3n) is 4.79. The maximum Gasteiger partial charge on any atom is 0.252 e. The average molecular weight is 380 g/mol. The van der Waals surface area contributed by atoms with Crippen LogP contribution in [-0.2, 0) is 23.6 Å². The van der Waals surface area contributed by atoms with Gasteiger partial charge in [0.2, 0.25) is 16.0 Å². The van der Waals surface area contributed by atoms with Crippen LogP contribution in [0.4, 0.5) is 5.95 Å². The van der Waals surface area contributed by atoms with E-state index in [0.717, 1.165) is 25.9 Å². The highest BCUT2D eigenvalue weighted by Crippen LogP contribution is 2.19. The minimum absolute atomic E-state index is 0.0577. The summed E-state index contributed by atoms with van der Waals surface area (Å²) in [6.45, 7) is 5.49. The summed E-state index contributed by atoms with van der Waals surface area (Å²) in [5.74, 6) is 1.16. The molecule has 0 unspecified atom stereocenters. The normalized spacial score (nSPS) is 16.2. The highest BCUT2D eigenvalue weighted by atomic mass is 32.2. The first-order valence-corrected chi connectivity index (χ1v) is 10.1. The third-order valence-corrected chi connectivity index (χ3v) is 6.29. The van der Waals surface area contributed by atoms with Gasteiger partial charge in [-0.05, 0) is 25.7 Å². The second-order valence-electron chi connectivity index (χ2n) is 6.77. The second kappa shape index (κ2) is 7.20. The SMILES string of the molecule is Cc1c(S(=O)(=O)NCc2cc(=O)[nH]c(N3CCC(C)CC3)n2)cnn1C. The molecule has 0 bridgehead atoms. The summed E-state index contributed by atoms with van der Waals surface area (Å²) in [6.07, 6.45) is 3.39. The van der Waals surface area contributed by atoms with Crippen LogP contribution >= 0.6 is 0 Å². The molecule has 0 spiro atoms. The number of aromatic amines is 1. The number of nitrogens with zero attached hydrogens (tertiary/aromatic N) is 4. The van der Waals surface area contributed by atoms with Crippen LogP contribution < -0.4 is 15.2 Å². The summed E-state index contributed by atoms with van der Waals surface area (Å²) in [5, 5.41) is 3.95. The first kappa shape index (κ1) is 18.6. The van der Waals surface area contributed by atoms with E-state index in [1.54, 1.807) is 14.0 Å². The van der Waals surface area contributed by atoms with E-state index in [1.165, 1.54) is 16.9 Å². The molecule has 0 atom stereocenters. The van der Waals surface area contributed by atoms with Crippen LogP contribution in [-0.4, -0.2) is 41.3 Å². The summed E-state index contributed by atoms with van der Waals surface area (Å²) >= 11 is 0. The van der Waals surface area contributed by atoms with Crippen molar-refractivity contribution in [3.63, 3.8) is 0 Å². The highest BCUT2D eigenvalue weighted by Gasteiger charge is 2.21. The fraction of sp³-hybridized carbons (Fsp3) is 0.562. The summed E-state index contributed by atoms with van der Waals surface area (Å²) in [5.41, 5.74) is 0.632. The molecule has 1 saturated heterocycles. The Kier molecular flexibility index (Phi) is 5.15. The Balaban J connectivity index is 1.76. The molecule has 26 heavy (non-hydrogen) atoms. The molecule has 0 aliphatic carbocycles. The minimum Gasteiger partial charge on any atom is -0.342 e. The van der Waals surface area contributed by atoms with Gasteiger partial charge in [-0.3, -0.25) is 14.5 Å². The monoisotopic (exact) mass is 380 g/mol. The van der Waals surface area contributed by atoms with E-state index in [0.29, 0.717) is 23.3 Å². The van der Waals surface area contributed by atoms with Gasteiger partial charge < -0.3 is 4.90 Å². The van der Waals surface area contributed by atoms with Crippen LogP contribution in [0.3, 0.4) is 0 Å². The number of hydrogen-bond acceptors (Lipinski definition) is 6. The Labute approximate surface area is 152 Å². The molecule has 1 aliphatic rings. The van der Waals surface area contributed by atoms with E-state index < -0.39 is 10.0 Å². The van der Waals surface area contributed by atoms with Gasteiger partial charge in [0.15, 0.2) is 0 Å². The molecule has 1 fully saturated rings. The summed E-state index contributed by atoms with van der Waals surface area (Å²) < 4.78 is 28.9. The standard InChI is InChI=1S/C16H24N6O3S/c1-11-4-6-22(7-5-11)16-19-13(8-15(23)20-16)9-18-26(24,25)14-10-17-21(3)12(14)2/h8,10-11,18H,4-7,9H2,1-3H3,(H,19,20,23). The maximum absolute atomic E-state index is 12.5. The van der Waals surface area contributed by atoms with Crippen molar-refractivity contribution in [2.24, 2.45) is 13.0 Å². The fourth-order valence-corrected chi connectivity index (χ4v) is 4.14. The lowest BCUT2D eigenvalue weighted by molar-refractivity contribution is 0.434. The number of anilines is 1. The van der Waals surface area contributed by atoms with Crippen LogP contribution in [0.5, 0.6) is 0 Å². The number of sulfonamides is 1. The van der Waals surface area contributed by atoms with Crippen LogP contribution in [0.25, 0.3) is 0 Å². The van der Waals surface area contributed by atoms with Gasteiger partial charge in [0, 0.05) is 26.2 Å². The largest absolute Gasteiger partial charge is 0.342 e. The van der Waals surface area contributed by atoms with Crippen LogP contribution in [0.2, 0.25) is 0 Å². The van der Waals surface area contributed by atoms with E-state index >= 15 is 0 Å². The van der Waals surface area contributed by atoms with Crippen molar-refractivity contribution < 1.29 is 8.42 Å². The predicted molar refractivity (Wildman–Crippen MR) is 97.4 cm³/mol. The number of hydrogen-bond donors (Lipinski definition) is 2. The molecule has 0 saturated carbocycles. The van der Waals surface area contributed by atoms with Gasteiger partial charge in [-0.25, -0.2) is 18.1 Å². The van der Waals surface area contributed by atoms with Crippen LogP contribution in [0.1, 0.15) is 31.2 Å². The molecule has 142 valence electrons. The van der Waals surface area contributed by atoms with Gasteiger partial charge in [-0.2, -0.15) is 5.10 Å². The van der Waals surface area contributed by atoms with Gasteiger partial charge >= 0.3 is 0 Å². The predicted octanol–water partition coefficient (Wildman–Crippen LogP) is 0.527. The molecule has 0 radical (unpaired) electrons.